The maximum absolute atomic E-state index is 11.5. The molecule has 1 rings (SSSR count). The average molecular weight is 297 g/mol. The van der Waals surface area contributed by atoms with Crippen molar-refractivity contribution >= 4 is 12.1 Å². The smallest absolute Gasteiger partial charge is 0.407 e. The van der Waals surface area contributed by atoms with Gasteiger partial charge >= 0.3 is 12.1 Å². The van der Waals surface area contributed by atoms with Gasteiger partial charge in [0.1, 0.15) is 6.04 Å². The van der Waals surface area contributed by atoms with Gasteiger partial charge in [0.05, 0.1) is 12.8 Å². The molecule has 1 atom stereocenters. The van der Waals surface area contributed by atoms with E-state index in [9.17, 15) is 14.7 Å². The fourth-order valence-corrected chi connectivity index (χ4v) is 1.63. The van der Waals surface area contributed by atoms with Crippen LogP contribution in [0.5, 0.6) is 0 Å². The van der Waals surface area contributed by atoms with Gasteiger partial charge in [0.15, 0.2) is 0 Å². The minimum atomic E-state index is -1.10. The SMILES string of the molecule is CC(C)COC(=O)NC(Cc1cnn(C(C)C)c1)C(=O)O. The van der Waals surface area contributed by atoms with Crippen LogP contribution in [0.2, 0.25) is 0 Å². The molecule has 0 bridgehead atoms. The summed E-state index contributed by atoms with van der Waals surface area (Å²) in [5.74, 6) is -0.905. The van der Waals surface area contributed by atoms with Gasteiger partial charge in [0.2, 0.25) is 0 Å². The molecule has 7 heteroatoms. The molecule has 0 aliphatic rings. The van der Waals surface area contributed by atoms with Crippen LogP contribution >= 0.6 is 0 Å². The third kappa shape index (κ3) is 5.85. The number of aliphatic carboxylic acids is 1. The Kier molecular flexibility index (Phi) is 6.20. The second kappa shape index (κ2) is 7.66. The van der Waals surface area contributed by atoms with Crippen molar-refractivity contribution in [2.75, 3.05) is 6.61 Å². The third-order valence-electron chi connectivity index (χ3n) is 2.76. The zero-order valence-electron chi connectivity index (χ0n) is 12.9. The topological polar surface area (TPSA) is 93.5 Å². The highest BCUT2D eigenvalue weighted by molar-refractivity contribution is 5.80. The van der Waals surface area contributed by atoms with E-state index >= 15 is 0 Å². The molecule has 0 aliphatic carbocycles. The van der Waals surface area contributed by atoms with Crippen molar-refractivity contribution in [2.24, 2.45) is 5.92 Å². The molecule has 0 spiro atoms. The number of rotatable bonds is 7. The summed E-state index contributed by atoms with van der Waals surface area (Å²) in [7, 11) is 0. The predicted octanol–water partition coefficient (Wildman–Crippen LogP) is 1.84. The molecule has 0 radical (unpaired) electrons. The van der Waals surface area contributed by atoms with Gasteiger partial charge in [-0.3, -0.25) is 4.68 Å². The molecule has 0 saturated carbocycles. The Morgan fingerprint density at radius 3 is 2.52 bits per heavy atom. The Hall–Kier alpha value is -2.05. The summed E-state index contributed by atoms with van der Waals surface area (Å²) in [6.07, 6.45) is 2.84. The van der Waals surface area contributed by atoms with E-state index in [1.807, 2.05) is 27.7 Å². The number of nitrogens with zero attached hydrogens (tertiary/aromatic N) is 2. The molecule has 1 unspecified atom stereocenters. The summed E-state index contributed by atoms with van der Waals surface area (Å²) in [5, 5.41) is 15.7. The Morgan fingerprint density at radius 2 is 2.05 bits per heavy atom. The number of carbonyl (C=O) groups excluding carboxylic acids is 1. The van der Waals surface area contributed by atoms with Gasteiger partial charge in [-0.15, -0.1) is 0 Å². The Labute approximate surface area is 124 Å². The number of hydrogen-bond donors (Lipinski definition) is 2. The largest absolute Gasteiger partial charge is 0.480 e. The highest BCUT2D eigenvalue weighted by Crippen LogP contribution is 2.08. The maximum Gasteiger partial charge on any atom is 0.407 e. The first-order chi connectivity index (χ1) is 9.79. The third-order valence-corrected chi connectivity index (χ3v) is 2.76. The molecule has 2 N–H and O–H groups in total. The number of nitrogens with one attached hydrogen (secondary N) is 1. The maximum atomic E-state index is 11.5. The van der Waals surface area contributed by atoms with E-state index < -0.39 is 18.1 Å². The van der Waals surface area contributed by atoms with E-state index in [2.05, 4.69) is 10.4 Å². The lowest BCUT2D eigenvalue weighted by molar-refractivity contribution is -0.139. The number of amides is 1. The van der Waals surface area contributed by atoms with Crippen molar-refractivity contribution in [3.05, 3.63) is 18.0 Å². The molecule has 0 aliphatic heterocycles. The Balaban J connectivity index is 2.60. The fraction of sp³-hybridized carbons (Fsp3) is 0.643. The van der Waals surface area contributed by atoms with Gasteiger partial charge in [-0.25, -0.2) is 9.59 Å². The molecular formula is C14H23N3O4. The number of aromatic nitrogens is 2. The second-order valence-corrected chi connectivity index (χ2v) is 5.65. The van der Waals surface area contributed by atoms with Gasteiger partial charge in [0, 0.05) is 18.7 Å². The number of carbonyl (C=O) groups is 2. The number of hydrogen-bond acceptors (Lipinski definition) is 4. The zero-order chi connectivity index (χ0) is 16.0. The van der Waals surface area contributed by atoms with Crippen LogP contribution in [0.1, 0.15) is 39.3 Å². The molecule has 1 aromatic rings. The van der Waals surface area contributed by atoms with Crippen LogP contribution in [-0.2, 0) is 16.0 Å². The van der Waals surface area contributed by atoms with E-state index in [-0.39, 0.29) is 25.0 Å². The first-order valence-electron chi connectivity index (χ1n) is 6.98. The fourth-order valence-electron chi connectivity index (χ4n) is 1.63. The summed E-state index contributed by atoms with van der Waals surface area (Å²) < 4.78 is 6.67. The normalized spacial score (nSPS) is 12.5. The zero-order valence-corrected chi connectivity index (χ0v) is 12.9. The molecule has 1 heterocycles. The Morgan fingerprint density at radius 1 is 1.38 bits per heavy atom. The predicted molar refractivity (Wildman–Crippen MR) is 77.1 cm³/mol. The van der Waals surface area contributed by atoms with Gasteiger partial charge in [-0.1, -0.05) is 13.8 Å². The van der Waals surface area contributed by atoms with Crippen LogP contribution in [0.4, 0.5) is 4.79 Å². The molecule has 7 nitrogen and oxygen atoms in total. The highest BCUT2D eigenvalue weighted by atomic mass is 16.5. The molecule has 0 saturated heterocycles. The van der Waals surface area contributed by atoms with Crippen LogP contribution in [0, 0.1) is 5.92 Å². The van der Waals surface area contributed by atoms with Crippen LogP contribution in [0.15, 0.2) is 12.4 Å². The van der Waals surface area contributed by atoms with Crippen LogP contribution in [-0.4, -0.2) is 39.6 Å². The summed E-state index contributed by atoms with van der Waals surface area (Å²) in [5.41, 5.74) is 0.750. The first kappa shape index (κ1) is 17.0. The van der Waals surface area contributed by atoms with Crippen molar-refractivity contribution < 1.29 is 19.4 Å². The van der Waals surface area contributed by atoms with E-state index in [1.54, 1.807) is 17.1 Å². The minimum absolute atomic E-state index is 0.166. The van der Waals surface area contributed by atoms with Gasteiger partial charge in [0.25, 0.3) is 0 Å². The highest BCUT2D eigenvalue weighted by Gasteiger charge is 2.22. The Bertz CT molecular complexity index is 482. The van der Waals surface area contributed by atoms with Crippen molar-refractivity contribution in [1.29, 1.82) is 0 Å². The lowest BCUT2D eigenvalue weighted by Gasteiger charge is -2.14. The summed E-state index contributed by atoms with van der Waals surface area (Å²) >= 11 is 0. The molecule has 1 aromatic heterocycles. The van der Waals surface area contributed by atoms with Gasteiger partial charge in [-0.2, -0.15) is 5.10 Å². The quantitative estimate of drug-likeness (QED) is 0.801. The number of carboxylic acids is 1. The molecule has 0 aromatic carbocycles. The summed E-state index contributed by atoms with van der Waals surface area (Å²) in [4.78, 5) is 22.8. The molecule has 1 amide bonds. The van der Waals surface area contributed by atoms with Crippen molar-refractivity contribution in [3.63, 3.8) is 0 Å². The van der Waals surface area contributed by atoms with Crippen molar-refractivity contribution in [1.82, 2.24) is 15.1 Å². The van der Waals surface area contributed by atoms with E-state index in [4.69, 9.17) is 4.74 Å². The number of carboxylic acid groups (broad SMARTS) is 1. The van der Waals surface area contributed by atoms with Crippen LogP contribution in [0.25, 0.3) is 0 Å². The van der Waals surface area contributed by atoms with Crippen LogP contribution in [0.3, 0.4) is 0 Å². The second-order valence-electron chi connectivity index (χ2n) is 5.65. The molecule has 21 heavy (non-hydrogen) atoms. The molecule has 0 fully saturated rings. The van der Waals surface area contributed by atoms with Gasteiger partial charge in [-0.05, 0) is 25.3 Å². The molecule has 118 valence electrons. The lowest BCUT2D eigenvalue weighted by atomic mass is 10.1. The lowest BCUT2D eigenvalue weighted by Crippen LogP contribution is -2.42. The van der Waals surface area contributed by atoms with Crippen molar-refractivity contribution in [2.45, 2.75) is 46.2 Å². The first-order valence-corrected chi connectivity index (χ1v) is 6.98. The number of alkyl carbamates (subject to hydrolysis) is 1. The number of ether oxygens (including phenoxy) is 1. The van der Waals surface area contributed by atoms with E-state index in [0.717, 1.165) is 5.56 Å². The summed E-state index contributed by atoms with van der Waals surface area (Å²) in [6.45, 7) is 8.02. The average Bonchev–Trinajstić information content (AvgIpc) is 2.84. The van der Waals surface area contributed by atoms with E-state index in [1.165, 1.54) is 0 Å². The van der Waals surface area contributed by atoms with Gasteiger partial charge < -0.3 is 15.2 Å². The summed E-state index contributed by atoms with van der Waals surface area (Å²) in [6, 6.07) is -0.833. The van der Waals surface area contributed by atoms with E-state index in [0.29, 0.717) is 0 Å². The minimum Gasteiger partial charge on any atom is -0.480 e. The van der Waals surface area contributed by atoms with Crippen molar-refractivity contribution in [3.8, 4) is 0 Å². The monoisotopic (exact) mass is 297 g/mol. The van der Waals surface area contributed by atoms with Crippen LogP contribution < -0.4 is 5.32 Å². The standard InChI is InChI=1S/C14H23N3O4/c1-9(2)8-21-14(20)16-12(13(18)19)5-11-6-15-17(7-11)10(3)4/h6-7,9-10,12H,5,8H2,1-4H3,(H,16,20)(H,18,19). The molecular weight excluding hydrogens is 274 g/mol.